The zero-order valence-corrected chi connectivity index (χ0v) is 15.6. The van der Waals surface area contributed by atoms with E-state index in [0.717, 1.165) is 24.5 Å². The summed E-state index contributed by atoms with van der Waals surface area (Å²) in [5.41, 5.74) is 0.629. The van der Waals surface area contributed by atoms with Gasteiger partial charge in [0.15, 0.2) is 0 Å². The largest absolute Gasteiger partial charge is 0.308 e. The monoisotopic (exact) mass is 362 g/mol. The zero-order chi connectivity index (χ0) is 16.3. The van der Waals surface area contributed by atoms with E-state index < -0.39 is 10.0 Å². The second-order valence-electron chi connectivity index (χ2n) is 5.82. The van der Waals surface area contributed by atoms with E-state index >= 15 is 0 Å². The first kappa shape index (κ1) is 18.1. The lowest BCUT2D eigenvalue weighted by Gasteiger charge is -2.31. The van der Waals surface area contributed by atoms with Crippen LogP contribution in [0.2, 0.25) is 5.02 Å². The number of rotatable bonds is 4. The Kier molecular flexibility index (Phi) is 6.19. The van der Waals surface area contributed by atoms with E-state index in [0.29, 0.717) is 22.0 Å². The second kappa shape index (κ2) is 7.53. The van der Waals surface area contributed by atoms with Crippen molar-refractivity contribution in [1.29, 1.82) is 0 Å². The van der Waals surface area contributed by atoms with Gasteiger partial charge in [-0.3, -0.25) is 0 Å². The van der Waals surface area contributed by atoms with Gasteiger partial charge in [-0.25, -0.2) is 8.42 Å². The quantitative estimate of drug-likeness (QED) is 0.825. The number of hydrogen-bond acceptors (Lipinski definition) is 4. The lowest BCUT2D eigenvalue weighted by molar-refractivity contribution is 0.271. The first-order valence-electron chi connectivity index (χ1n) is 7.33. The maximum atomic E-state index is 13.1. The Labute approximate surface area is 142 Å². The maximum Gasteiger partial charge on any atom is 0.243 e. The SMILES string of the molecule is Cc1c(Cl)cccc1S(=O)(=O)N1CCCSCC1CN(C)C. The lowest BCUT2D eigenvalue weighted by atomic mass is 10.2. The summed E-state index contributed by atoms with van der Waals surface area (Å²) in [7, 11) is 0.430. The van der Waals surface area contributed by atoms with Crippen molar-refractivity contribution >= 4 is 33.4 Å². The highest BCUT2D eigenvalue weighted by Crippen LogP contribution is 2.29. The van der Waals surface area contributed by atoms with Gasteiger partial charge in [0, 0.05) is 29.9 Å². The molecule has 0 amide bonds. The fraction of sp³-hybridized carbons (Fsp3) is 0.600. The van der Waals surface area contributed by atoms with Gasteiger partial charge in [-0.1, -0.05) is 17.7 Å². The van der Waals surface area contributed by atoms with E-state index in [9.17, 15) is 8.42 Å². The third kappa shape index (κ3) is 3.97. The highest BCUT2D eigenvalue weighted by atomic mass is 35.5. The van der Waals surface area contributed by atoms with Gasteiger partial charge >= 0.3 is 0 Å². The van der Waals surface area contributed by atoms with Gasteiger partial charge in [0.2, 0.25) is 10.0 Å². The highest BCUT2D eigenvalue weighted by Gasteiger charge is 2.34. The smallest absolute Gasteiger partial charge is 0.243 e. The van der Waals surface area contributed by atoms with Gasteiger partial charge in [0.25, 0.3) is 0 Å². The van der Waals surface area contributed by atoms with Crippen LogP contribution in [0.1, 0.15) is 12.0 Å². The number of benzene rings is 1. The molecule has 0 saturated carbocycles. The van der Waals surface area contributed by atoms with Crippen molar-refractivity contribution in [2.45, 2.75) is 24.3 Å². The van der Waals surface area contributed by atoms with Crippen molar-refractivity contribution < 1.29 is 8.42 Å². The molecule has 7 heteroatoms. The van der Waals surface area contributed by atoms with E-state index in [-0.39, 0.29) is 6.04 Å². The minimum Gasteiger partial charge on any atom is -0.308 e. The summed E-state index contributed by atoms with van der Waals surface area (Å²) in [5.74, 6) is 1.83. The second-order valence-corrected chi connectivity index (χ2v) is 9.24. The molecule has 0 aliphatic carbocycles. The standard InChI is InChI=1S/C15H23ClN2O2S2/c1-12-14(16)6-4-7-15(12)22(19,20)18-8-5-9-21-11-13(18)10-17(2)3/h4,6-7,13H,5,8-11H2,1-3H3. The topological polar surface area (TPSA) is 40.6 Å². The molecule has 0 bridgehead atoms. The number of sulfonamides is 1. The van der Waals surface area contributed by atoms with Crippen molar-refractivity contribution in [2.75, 3.05) is 38.7 Å². The number of halogens is 1. The summed E-state index contributed by atoms with van der Waals surface area (Å²) in [5, 5.41) is 0.495. The maximum absolute atomic E-state index is 13.1. The van der Waals surface area contributed by atoms with Crippen LogP contribution in [-0.4, -0.2) is 62.4 Å². The molecule has 0 aromatic heterocycles. The van der Waals surface area contributed by atoms with Crippen molar-refractivity contribution in [3.05, 3.63) is 28.8 Å². The Morgan fingerprint density at radius 3 is 2.82 bits per heavy atom. The van der Waals surface area contributed by atoms with Crippen LogP contribution in [-0.2, 0) is 10.0 Å². The Hall–Kier alpha value is -0.270. The molecule has 4 nitrogen and oxygen atoms in total. The first-order valence-corrected chi connectivity index (χ1v) is 10.3. The third-order valence-corrected chi connectivity index (χ3v) is 7.47. The molecule has 1 fully saturated rings. The summed E-state index contributed by atoms with van der Waals surface area (Å²) in [6.07, 6.45) is 0.882. The molecule has 1 aromatic carbocycles. The molecule has 0 radical (unpaired) electrons. The van der Waals surface area contributed by atoms with E-state index in [1.165, 1.54) is 0 Å². The summed E-state index contributed by atoms with van der Waals surface area (Å²) in [4.78, 5) is 2.37. The summed E-state index contributed by atoms with van der Waals surface area (Å²) in [6.45, 7) is 3.06. The number of hydrogen-bond donors (Lipinski definition) is 0. The van der Waals surface area contributed by atoms with Gasteiger partial charge < -0.3 is 4.90 Å². The van der Waals surface area contributed by atoms with Crippen LogP contribution in [0, 0.1) is 6.92 Å². The van der Waals surface area contributed by atoms with Crippen LogP contribution in [0.4, 0.5) is 0 Å². The first-order chi connectivity index (χ1) is 10.3. The molecule has 1 heterocycles. The molecular weight excluding hydrogens is 340 g/mol. The molecule has 0 N–H and O–H groups in total. The Bertz CT molecular complexity index is 620. The molecule has 1 aliphatic rings. The Balaban J connectivity index is 2.41. The van der Waals surface area contributed by atoms with E-state index in [2.05, 4.69) is 0 Å². The molecular formula is C15H23ClN2O2S2. The van der Waals surface area contributed by atoms with Gasteiger partial charge in [-0.2, -0.15) is 16.1 Å². The summed E-state index contributed by atoms with van der Waals surface area (Å²) in [6, 6.07) is 5.08. The van der Waals surface area contributed by atoms with Crippen molar-refractivity contribution in [2.24, 2.45) is 0 Å². The van der Waals surface area contributed by atoms with Gasteiger partial charge in [0.1, 0.15) is 0 Å². The molecule has 2 rings (SSSR count). The average Bonchev–Trinajstić information content (AvgIpc) is 2.67. The Morgan fingerprint density at radius 2 is 2.14 bits per heavy atom. The molecule has 1 unspecified atom stereocenters. The lowest BCUT2D eigenvalue weighted by Crippen LogP contribution is -2.46. The van der Waals surface area contributed by atoms with Gasteiger partial charge in [-0.15, -0.1) is 0 Å². The van der Waals surface area contributed by atoms with Crippen LogP contribution in [0.25, 0.3) is 0 Å². The van der Waals surface area contributed by atoms with E-state index in [1.54, 1.807) is 29.4 Å². The molecule has 124 valence electrons. The van der Waals surface area contributed by atoms with E-state index in [1.807, 2.05) is 30.8 Å². The summed E-state index contributed by atoms with van der Waals surface area (Å²) < 4.78 is 28.0. The average molecular weight is 363 g/mol. The molecule has 0 spiro atoms. The predicted molar refractivity (Wildman–Crippen MR) is 94.4 cm³/mol. The van der Waals surface area contributed by atoms with Crippen molar-refractivity contribution in [3.63, 3.8) is 0 Å². The van der Waals surface area contributed by atoms with Crippen molar-refractivity contribution in [3.8, 4) is 0 Å². The zero-order valence-electron chi connectivity index (χ0n) is 13.3. The molecule has 22 heavy (non-hydrogen) atoms. The molecule has 1 aliphatic heterocycles. The molecule has 1 saturated heterocycles. The van der Waals surface area contributed by atoms with Crippen LogP contribution >= 0.6 is 23.4 Å². The Morgan fingerprint density at radius 1 is 1.41 bits per heavy atom. The third-order valence-electron chi connectivity index (χ3n) is 3.77. The number of likely N-dealkylation sites (N-methyl/N-ethyl adjacent to an activating group) is 1. The molecule has 1 aromatic rings. The number of thioether (sulfide) groups is 1. The predicted octanol–water partition coefficient (Wildman–Crippen LogP) is 2.71. The molecule has 1 atom stereocenters. The van der Waals surface area contributed by atoms with Crippen LogP contribution < -0.4 is 0 Å². The minimum atomic E-state index is -3.52. The van der Waals surface area contributed by atoms with E-state index in [4.69, 9.17) is 11.6 Å². The normalized spacial score (nSPS) is 21.0. The highest BCUT2D eigenvalue weighted by molar-refractivity contribution is 7.99. The summed E-state index contributed by atoms with van der Waals surface area (Å²) >= 11 is 7.95. The van der Waals surface area contributed by atoms with Crippen LogP contribution in [0.3, 0.4) is 0 Å². The fourth-order valence-electron chi connectivity index (χ4n) is 2.68. The fourth-order valence-corrected chi connectivity index (χ4v) is 5.97. The van der Waals surface area contributed by atoms with Crippen molar-refractivity contribution in [1.82, 2.24) is 9.21 Å². The van der Waals surface area contributed by atoms with Gasteiger partial charge in [-0.05, 0) is 50.9 Å². The van der Waals surface area contributed by atoms with Crippen LogP contribution in [0.15, 0.2) is 23.1 Å². The van der Waals surface area contributed by atoms with Crippen LogP contribution in [0.5, 0.6) is 0 Å². The number of nitrogens with zero attached hydrogens (tertiary/aromatic N) is 2. The van der Waals surface area contributed by atoms with Gasteiger partial charge in [0.05, 0.1) is 4.90 Å². The minimum absolute atomic E-state index is 0.00844.